The molecule has 2 rings (SSSR count). The summed E-state index contributed by atoms with van der Waals surface area (Å²) in [4.78, 5) is 2.47. The molecular weight excluding hydrogens is 292 g/mol. The third kappa shape index (κ3) is 3.25. The highest BCUT2D eigenvalue weighted by Crippen LogP contribution is 2.30. The molecule has 18 heavy (non-hydrogen) atoms. The van der Waals surface area contributed by atoms with E-state index in [1.807, 2.05) is 7.05 Å². The minimum absolute atomic E-state index is 0.663. The van der Waals surface area contributed by atoms with Gasteiger partial charge in [-0.2, -0.15) is 0 Å². The minimum atomic E-state index is 0.663. The van der Waals surface area contributed by atoms with E-state index in [9.17, 15) is 0 Å². The summed E-state index contributed by atoms with van der Waals surface area (Å²) in [5.74, 6) is 0.663. The Labute approximate surface area is 118 Å². The molecule has 1 N–H and O–H groups in total. The second kappa shape index (κ2) is 6.55. The number of anilines is 1. The molecule has 0 amide bonds. The Morgan fingerprint density at radius 3 is 3.06 bits per heavy atom. The molecular formula is C14H21BrN2O. The first-order valence-corrected chi connectivity index (χ1v) is 7.20. The number of benzene rings is 1. The molecule has 100 valence electrons. The Morgan fingerprint density at radius 1 is 1.50 bits per heavy atom. The van der Waals surface area contributed by atoms with Gasteiger partial charge in [0.25, 0.3) is 0 Å². The summed E-state index contributed by atoms with van der Waals surface area (Å²) in [5, 5.41) is 3.24. The van der Waals surface area contributed by atoms with Crippen molar-refractivity contribution in [2.75, 3.05) is 38.8 Å². The summed E-state index contributed by atoms with van der Waals surface area (Å²) in [6.45, 7) is 4.00. The van der Waals surface area contributed by atoms with Crippen molar-refractivity contribution in [3.05, 3.63) is 28.2 Å². The van der Waals surface area contributed by atoms with Gasteiger partial charge in [0.15, 0.2) is 0 Å². The molecule has 1 saturated heterocycles. The van der Waals surface area contributed by atoms with E-state index >= 15 is 0 Å². The van der Waals surface area contributed by atoms with E-state index in [1.54, 1.807) is 7.11 Å². The molecule has 0 spiro atoms. The fourth-order valence-electron chi connectivity index (χ4n) is 2.59. The van der Waals surface area contributed by atoms with Crippen LogP contribution >= 0.6 is 15.9 Å². The number of nitrogens with zero attached hydrogens (tertiary/aromatic N) is 1. The molecule has 0 radical (unpaired) electrons. The van der Waals surface area contributed by atoms with Crippen molar-refractivity contribution in [3.63, 3.8) is 0 Å². The van der Waals surface area contributed by atoms with Crippen LogP contribution in [0.1, 0.15) is 12.0 Å². The Hall–Kier alpha value is -0.580. The maximum absolute atomic E-state index is 5.26. The van der Waals surface area contributed by atoms with Gasteiger partial charge in [-0.3, -0.25) is 0 Å². The normalized spacial score (nSPS) is 19.5. The summed E-state index contributed by atoms with van der Waals surface area (Å²) in [7, 11) is 3.78. The number of nitrogens with one attached hydrogen (secondary N) is 1. The Bertz CT molecular complexity index is 397. The standard InChI is InChI=1S/C14H21BrN2O/c1-16-8-12-3-4-13(15)7-14(12)17-6-5-11(9-17)10-18-2/h3-4,7,11,16H,5-6,8-10H2,1-2H3. The van der Waals surface area contributed by atoms with Crippen LogP contribution in [0.3, 0.4) is 0 Å². The second-order valence-electron chi connectivity index (χ2n) is 4.86. The van der Waals surface area contributed by atoms with Crippen LogP contribution in [0.2, 0.25) is 0 Å². The first-order chi connectivity index (χ1) is 8.74. The maximum Gasteiger partial charge on any atom is 0.0508 e. The minimum Gasteiger partial charge on any atom is -0.384 e. The second-order valence-corrected chi connectivity index (χ2v) is 5.78. The fourth-order valence-corrected chi connectivity index (χ4v) is 2.94. The van der Waals surface area contributed by atoms with Crippen LogP contribution in [-0.2, 0) is 11.3 Å². The van der Waals surface area contributed by atoms with E-state index < -0.39 is 0 Å². The molecule has 0 aromatic heterocycles. The van der Waals surface area contributed by atoms with Gasteiger partial charge in [-0.1, -0.05) is 22.0 Å². The van der Waals surface area contributed by atoms with Crippen molar-refractivity contribution in [2.45, 2.75) is 13.0 Å². The van der Waals surface area contributed by atoms with Gasteiger partial charge in [0.05, 0.1) is 6.61 Å². The van der Waals surface area contributed by atoms with Gasteiger partial charge >= 0.3 is 0 Å². The third-order valence-electron chi connectivity index (χ3n) is 3.44. The zero-order valence-corrected chi connectivity index (χ0v) is 12.7. The van der Waals surface area contributed by atoms with E-state index in [4.69, 9.17) is 4.74 Å². The maximum atomic E-state index is 5.26. The van der Waals surface area contributed by atoms with Gasteiger partial charge in [-0.25, -0.2) is 0 Å². The molecule has 1 fully saturated rings. The molecule has 1 heterocycles. The average Bonchev–Trinajstić information content (AvgIpc) is 2.81. The lowest BCUT2D eigenvalue weighted by Gasteiger charge is -2.22. The summed E-state index contributed by atoms with van der Waals surface area (Å²) in [6.07, 6.45) is 1.22. The lowest BCUT2D eigenvalue weighted by Crippen LogP contribution is -2.23. The SMILES string of the molecule is CNCc1ccc(Br)cc1N1CCC(COC)C1. The highest BCUT2D eigenvalue weighted by molar-refractivity contribution is 9.10. The monoisotopic (exact) mass is 312 g/mol. The van der Waals surface area contributed by atoms with Crippen LogP contribution in [0.4, 0.5) is 5.69 Å². The van der Waals surface area contributed by atoms with E-state index in [-0.39, 0.29) is 0 Å². The summed E-state index contributed by atoms with van der Waals surface area (Å²) < 4.78 is 6.41. The molecule has 1 aliphatic heterocycles. The first-order valence-electron chi connectivity index (χ1n) is 6.41. The van der Waals surface area contributed by atoms with Crippen molar-refractivity contribution >= 4 is 21.6 Å². The van der Waals surface area contributed by atoms with Gasteiger partial charge < -0.3 is 15.0 Å². The number of hydrogen-bond acceptors (Lipinski definition) is 3. The molecule has 3 nitrogen and oxygen atoms in total. The van der Waals surface area contributed by atoms with Crippen molar-refractivity contribution in [2.24, 2.45) is 5.92 Å². The molecule has 0 bridgehead atoms. The summed E-state index contributed by atoms with van der Waals surface area (Å²) >= 11 is 3.57. The van der Waals surface area contributed by atoms with Crippen LogP contribution in [0.5, 0.6) is 0 Å². The highest BCUT2D eigenvalue weighted by atomic mass is 79.9. The fraction of sp³-hybridized carbons (Fsp3) is 0.571. The zero-order valence-electron chi connectivity index (χ0n) is 11.1. The number of halogens is 1. The number of hydrogen-bond donors (Lipinski definition) is 1. The van der Waals surface area contributed by atoms with Crippen molar-refractivity contribution < 1.29 is 4.74 Å². The van der Waals surface area contributed by atoms with E-state index in [0.29, 0.717) is 5.92 Å². The highest BCUT2D eigenvalue weighted by Gasteiger charge is 2.24. The largest absolute Gasteiger partial charge is 0.384 e. The molecule has 1 atom stereocenters. The topological polar surface area (TPSA) is 24.5 Å². The van der Waals surface area contributed by atoms with Crippen LogP contribution in [0.25, 0.3) is 0 Å². The van der Waals surface area contributed by atoms with Gasteiger partial charge in [0.1, 0.15) is 0 Å². The van der Waals surface area contributed by atoms with Gasteiger partial charge in [0, 0.05) is 42.8 Å². The molecule has 4 heteroatoms. The van der Waals surface area contributed by atoms with E-state index in [2.05, 4.69) is 44.3 Å². The van der Waals surface area contributed by atoms with E-state index in [0.717, 1.165) is 30.7 Å². The van der Waals surface area contributed by atoms with Crippen LogP contribution in [-0.4, -0.2) is 33.9 Å². The number of methoxy groups -OCH3 is 1. The van der Waals surface area contributed by atoms with Crippen LogP contribution < -0.4 is 10.2 Å². The quantitative estimate of drug-likeness (QED) is 0.904. The van der Waals surface area contributed by atoms with E-state index in [1.165, 1.54) is 17.7 Å². The van der Waals surface area contributed by atoms with Crippen LogP contribution in [0, 0.1) is 5.92 Å². The van der Waals surface area contributed by atoms with Crippen LogP contribution in [0.15, 0.2) is 22.7 Å². The predicted octanol–water partition coefficient (Wildman–Crippen LogP) is 2.64. The average molecular weight is 313 g/mol. The molecule has 0 aliphatic carbocycles. The molecule has 1 aromatic rings. The molecule has 0 saturated carbocycles. The van der Waals surface area contributed by atoms with Gasteiger partial charge in [0.2, 0.25) is 0 Å². The predicted molar refractivity (Wildman–Crippen MR) is 79.1 cm³/mol. The summed E-state index contributed by atoms with van der Waals surface area (Å²) in [6, 6.07) is 6.53. The van der Waals surface area contributed by atoms with Gasteiger partial charge in [-0.15, -0.1) is 0 Å². The van der Waals surface area contributed by atoms with Gasteiger partial charge in [-0.05, 0) is 31.2 Å². The van der Waals surface area contributed by atoms with Crippen molar-refractivity contribution in [1.82, 2.24) is 5.32 Å². The molecule has 1 aromatic carbocycles. The zero-order chi connectivity index (χ0) is 13.0. The smallest absolute Gasteiger partial charge is 0.0508 e. The Kier molecular flexibility index (Phi) is 5.03. The lowest BCUT2D eigenvalue weighted by molar-refractivity contribution is 0.161. The van der Waals surface area contributed by atoms with Crippen molar-refractivity contribution in [1.29, 1.82) is 0 Å². The Morgan fingerprint density at radius 2 is 2.33 bits per heavy atom. The molecule has 1 unspecified atom stereocenters. The lowest BCUT2D eigenvalue weighted by atomic mass is 10.1. The summed E-state index contributed by atoms with van der Waals surface area (Å²) in [5.41, 5.74) is 2.70. The number of ether oxygens (including phenoxy) is 1. The third-order valence-corrected chi connectivity index (χ3v) is 3.94. The van der Waals surface area contributed by atoms with Crippen molar-refractivity contribution in [3.8, 4) is 0 Å². The Balaban J connectivity index is 2.14. The molecule has 1 aliphatic rings. The first kappa shape index (κ1) is 13.8. The number of rotatable bonds is 5.